The summed E-state index contributed by atoms with van der Waals surface area (Å²) in [6.45, 7) is 3.74. The normalized spacial score (nSPS) is 14.4. The molecular formula is C19H23N3O5. The Bertz CT molecular complexity index is 852. The van der Waals surface area contributed by atoms with E-state index in [1.54, 1.807) is 16.7 Å². The summed E-state index contributed by atoms with van der Waals surface area (Å²) in [6.07, 6.45) is 0.508. The Morgan fingerprint density at radius 2 is 1.74 bits per heavy atom. The Labute approximate surface area is 157 Å². The van der Waals surface area contributed by atoms with E-state index in [9.17, 15) is 14.4 Å². The average Bonchev–Trinajstić information content (AvgIpc) is 3.05. The predicted molar refractivity (Wildman–Crippen MR) is 96.9 cm³/mol. The first-order valence-corrected chi connectivity index (χ1v) is 8.94. The van der Waals surface area contributed by atoms with E-state index >= 15 is 0 Å². The summed E-state index contributed by atoms with van der Waals surface area (Å²) in [6, 6.07) is 5.57. The minimum absolute atomic E-state index is 0.0243. The third-order valence-electron chi connectivity index (χ3n) is 4.67. The Kier molecular flexibility index (Phi) is 5.73. The number of aryl methyl sites for hydroxylation is 1. The Balaban J connectivity index is 1.50. The molecule has 3 rings (SSSR count). The number of nitrogens with zero attached hydrogens (tertiary/aromatic N) is 3. The number of rotatable bonds is 5. The van der Waals surface area contributed by atoms with Gasteiger partial charge < -0.3 is 19.0 Å². The molecule has 2 aromatic rings. The maximum Gasteiger partial charge on any atom is 0.306 e. The van der Waals surface area contributed by atoms with Crippen LogP contribution in [0.15, 0.2) is 22.6 Å². The molecule has 2 heterocycles. The van der Waals surface area contributed by atoms with Crippen LogP contribution in [-0.2, 0) is 25.5 Å². The topological polar surface area (TPSA) is 93.0 Å². The van der Waals surface area contributed by atoms with E-state index in [2.05, 4.69) is 9.72 Å². The standard InChI is InChI=1S/C19H23N3O5/c1-13-20-15-11-14(3-4-16(15)27-13)12-18(24)22-9-7-21(8-10-22)17(23)5-6-19(25)26-2/h3-4,11H,5-10,12H2,1-2H3. The summed E-state index contributed by atoms with van der Waals surface area (Å²) < 4.78 is 10.00. The number of amides is 2. The van der Waals surface area contributed by atoms with Gasteiger partial charge in [-0.1, -0.05) is 6.07 Å². The van der Waals surface area contributed by atoms with Gasteiger partial charge in [-0.05, 0) is 17.7 Å². The number of aromatic nitrogens is 1. The summed E-state index contributed by atoms with van der Waals surface area (Å²) in [7, 11) is 1.30. The van der Waals surface area contributed by atoms with Crippen LogP contribution in [0.2, 0.25) is 0 Å². The molecular weight excluding hydrogens is 350 g/mol. The van der Waals surface area contributed by atoms with Crippen molar-refractivity contribution in [1.29, 1.82) is 0 Å². The van der Waals surface area contributed by atoms with E-state index < -0.39 is 5.97 Å². The van der Waals surface area contributed by atoms with Gasteiger partial charge in [0.2, 0.25) is 11.8 Å². The molecule has 0 spiro atoms. The highest BCUT2D eigenvalue weighted by Crippen LogP contribution is 2.18. The Hall–Kier alpha value is -2.90. The van der Waals surface area contributed by atoms with E-state index in [0.717, 1.165) is 11.1 Å². The van der Waals surface area contributed by atoms with E-state index in [1.807, 2.05) is 18.2 Å². The molecule has 2 amide bonds. The molecule has 0 saturated carbocycles. The van der Waals surface area contributed by atoms with Gasteiger partial charge in [-0.15, -0.1) is 0 Å². The second-order valence-electron chi connectivity index (χ2n) is 6.55. The van der Waals surface area contributed by atoms with Crippen LogP contribution in [0.1, 0.15) is 24.3 Å². The van der Waals surface area contributed by atoms with Crippen LogP contribution in [0.3, 0.4) is 0 Å². The van der Waals surface area contributed by atoms with Gasteiger partial charge in [-0.25, -0.2) is 4.98 Å². The molecule has 8 heteroatoms. The van der Waals surface area contributed by atoms with Crippen molar-refractivity contribution in [2.75, 3.05) is 33.3 Å². The van der Waals surface area contributed by atoms with Crippen LogP contribution in [-0.4, -0.2) is 65.9 Å². The number of carbonyl (C=O) groups excluding carboxylic acids is 3. The molecule has 0 unspecified atom stereocenters. The lowest BCUT2D eigenvalue weighted by Gasteiger charge is -2.35. The summed E-state index contributed by atoms with van der Waals surface area (Å²) >= 11 is 0. The van der Waals surface area contributed by atoms with Gasteiger partial charge in [-0.2, -0.15) is 0 Å². The summed E-state index contributed by atoms with van der Waals surface area (Å²) in [5.74, 6) is 0.147. The molecule has 8 nitrogen and oxygen atoms in total. The number of hydrogen-bond acceptors (Lipinski definition) is 6. The van der Waals surface area contributed by atoms with Gasteiger partial charge in [0.15, 0.2) is 11.5 Å². The molecule has 0 atom stereocenters. The van der Waals surface area contributed by atoms with Crippen molar-refractivity contribution in [3.63, 3.8) is 0 Å². The van der Waals surface area contributed by atoms with Crippen molar-refractivity contribution < 1.29 is 23.5 Å². The zero-order valence-corrected chi connectivity index (χ0v) is 15.6. The van der Waals surface area contributed by atoms with Crippen molar-refractivity contribution in [1.82, 2.24) is 14.8 Å². The van der Waals surface area contributed by atoms with Crippen molar-refractivity contribution >= 4 is 28.9 Å². The quantitative estimate of drug-likeness (QED) is 0.734. The number of ether oxygens (including phenoxy) is 1. The van der Waals surface area contributed by atoms with Crippen LogP contribution in [0, 0.1) is 6.92 Å². The van der Waals surface area contributed by atoms with Crippen LogP contribution >= 0.6 is 0 Å². The molecule has 1 aliphatic heterocycles. The largest absolute Gasteiger partial charge is 0.469 e. The number of methoxy groups -OCH3 is 1. The smallest absolute Gasteiger partial charge is 0.306 e. The predicted octanol–water partition coefficient (Wildman–Crippen LogP) is 1.30. The molecule has 0 bridgehead atoms. The average molecular weight is 373 g/mol. The van der Waals surface area contributed by atoms with E-state index in [0.29, 0.717) is 37.7 Å². The van der Waals surface area contributed by atoms with Gasteiger partial charge in [0, 0.05) is 39.5 Å². The van der Waals surface area contributed by atoms with Crippen molar-refractivity contribution in [3.05, 3.63) is 29.7 Å². The first-order chi connectivity index (χ1) is 13.0. The molecule has 1 aromatic carbocycles. The van der Waals surface area contributed by atoms with Crippen molar-refractivity contribution in [2.24, 2.45) is 0 Å². The molecule has 0 aliphatic carbocycles. The third kappa shape index (κ3) is 4.64. The van der Waals surface area contributed by atoms with Crippen molar-refractivity contribution in [3.8, 4) is 0 Å². The van der Waals surface area contributed by atoms with E-state index in [-0.39, 0.29) is 31.1 Å². The first kappa shape index (κ1) is 18.9. The van der Waals surface area contributed by atoms with Crippen molar-refractivity contribution in [2.45, 2.75) is 26.2 Å². The van der Waals surface area contributed by atoms with Gasteiger partial charge in [0.25, 0.3) is 0 Å². The molecule has 1 aliphatic rings. The van der Waals surface area contributed by atoms with Crippen LogP contribution in [0.5, 0.6) is 0 Å². The number of fused-ring (bicyclic) bond motifs is 1. The minimum atomic E-state index is -0.392. The highest BCUT2D eigenvalue weighted by molar-refractivity contribution is 5.83. The summed E-state index contributed by atoms with van der Waals surface area (Å²) in [5, 5.41) is 0. The fourth-order valence-electron chi connectivity index (χ4n) is 3.16. The molecule has 144 valence electrons. The maximum atomic E-state index is 12.6. The summed E-state index contributed by atoms with van der Waals surface area (Å²) in [4.78, 5) is 43.6. The molecule has 0 N–H and O–H groups in total. The monoisotopic (exact) mass is 373 g/mol. The number of oxazole rings is 1. The van der Waals surface area contributed by atoms with Gasteiger partial charge in [-0.3, -0.25) is 14.4 Å². The molecule has 1 fully saturated rings. The number of esters is 1. The lowest BCUT2D eigenvalue weighted by molar-refractivity contribution is -0.144. The zero-order chi connectivity index (χ0) is 19.4. The zero-order valence-electron chi connectivity index (χ0n) is 15.6. The number of hydrogen-bond donors (Lipinski definition) is 0. The third-order valence-corrected chi connectivity index (χ3v) is 4.67. The highest BCUT2D eigenvalue weighted by atomic mass is 16.5. The molecule has 1 aromatic heterocycles. The lowest BCUT2D eigenvalue weighted by Crippen LogP contribution is -2.51. The van der Waals surface area contributed by atoms with Gasteiger partial charge in [0.05, 0.1) is 20.0 Å². The second-order valence-corrected chi connectivity index (χ2v) is 6.55. The number of piperazine rings is 1. The number of benzene rings is 1. The van der Waals surface area contributed by atoms with Gasteiger partial charge >= 0.3 is 5.97 Å². The summed E-state index contributed by atoms with van der Waals surface area (Å²) in [5.41, 5.74) is 2.35. The van der Waals surface area contributed by atoms with E-state index in [1.165, 1.54) is 7.11 Å². The van der Waals surface area contributed by atoms with Crippen LogP contribution < -0.4 is 0 Å². The molecule has 0 radical (unpaired) electrons. The minimum Gasteiger partial charge on any atom is -0.469 e. The highest BCUT2D eigenvalue weighted by Gasteiger charge is 2.24. The Morgan fingerprint density at radius 3 is 2.41 bits per heavy atom. The first-order valence-electron chi connectivity index (χ1n) is 8.94. The molecule has 1 saturated heterocycles. The van der Waals surface area contributed by atoms with Crippen LogP contribution in [0.4, 0.5) is 0 Å². The lowest BCUT2D eigenvalue weighted by atomic mass is 10.1. The van der Waals surface area contributed by atoms with Gasteiger partial charge in [0.1, 0.15) is 5.52 Å². The van der Waals surface area contributed by atoms with Crippen LogP contribution in [0.25, 0.3) is 11.1 Å². The SMILES string of the molecule is COC(=O)CCC(=O)N1CCN(C(=O)Cc2ccc3oc(C)nc3c2)CC1. The maximum absolute atomic E-state index is 12.6. The fraction of sp³-hybridized carbons (Fsp3) is 0.474. The number of carbonyl (C=O) groups is 3. The Morgan fingerprint density at radius 1 is 1.07 bits per heavy atom. The molecule has 27 heavy (non-hydrogen) atoms. The fourth-order valence-corrected chi connectivity index (χ4v) is 3.16. The second kappa shape index (κ2) is 8.20. The van der Waals surface area contributed by atoms with E-state index in [4.69, 9.17) is 4.42 Å².